The molecule has 1 aliphatic carbocycles. The van der Waals surface area contributed by atoms with Crippen LogP contribution >= 0.6 is 0 Å². The summed E-state index contributed by atoms with van der Waals surface area (Å²) >= 11 is 0. The highest BCUT2D eigenvalue weighted by atomic mass is 16.6. The van der Waals surface area contributed by atoms with Gasteiger partial charge in [0.25, 0.3) is 0 Å². The van der Waals surface area contributed by atoms with Gasteiger partial charge in [0.2, 0.25) is 0 Å². The second-order valence-electron chi connectivity index (χ2n) is 6.14. The van der Waals surface area contributed by atoms with Crippen molar-refractivity contribution in [1.82, 2.24) is 5.32 Å². The highest BCUT2D eigenvalue weighted by Gasteiger charge is 2.36. The number of ether oxygens (including phenoxy) is 2. The molecule has 0 spiro atoms. The van der Waals surface area contributed by atoms with Crippen molar-refractivity contribution in [3.63, 3.8) is 0 Å². The average Bonchev–Trinajstić information content (AvgIpc) is 2.97. The first-order valence-corrected chi connectivity index (χ1v) is 6.55. The number of carbonyl (C=O) groups is 1. The zero-order valence-corrected chi connectivity index (χ0v) is 11.0. The van der Waals surface area contributed by atoms with Crippen LogP contribution in [0.2, 0.25) is 0 Å². The quantitative estimate of drug-likeness (QED) is 0.756. The van der Waals surface area contributed by atoms with Gasteiger partial charge >= 0.3 is 6.09 Å². The molecule has 0 aromatic carbocycles. The van der Waals surface area contributed by atoms with Crippen molar-refractivity contribution in [2.45, 2.75) is 64.2 Å². The van der Waals surface area contributed by atoms with Crippen LogP contribution in [0.25, 0.3) is 0 Å². The van der Waals surface area contributed by atoms with Crippen LogP contribution in [0.3, 0.4) is 0 Å². The Morgan fingerprint density at radius 2 is 2.06 bits per heavy atom. The molecule has 0 bridgehead atoms. The highest BCUT2D eigenvalue weighted by Crippen LogP contribution is 2.33. The van der Waals surface area contributed by atoms with Crippen molar-refractivity contribution in [3.8, 4) is 0 Å². The van der Waals surface area contributed by atoms with Crippen molar-refractivity contribution in [3.05, 3.63) is 0 Å². The molecule has 98 valence electrons. The summed E-state index contributed by atoms with van der Waals surface area (Å²) in [5, 5.41) is 2.97. The van der Waals surface area contributed by atoms with Crippen LogP contribution in [0, 0.1) is 5.92 Å². The maximum Gasteiger partial charge on any atom is 0.407 e. The normalized spacial score (nSPS) is 33.0. The van der Waals surface area contributed by atoms with Crippen LogP contribution in [0.5, 0.6) is 0 Å². The lowest BCUT2D eigenvalue weighted by molar-refractivity contribution is 0.0481. The Bertz CT molecular complexity index is 281. The van der Waals surface area contributed by atoms with Gasteiger partial charge in [0.15, 0.2) is 0 Å². The van der Waals surface area contributed by atoms with Gasteiger partial charge in [-0.3, -0.25) is 0 Å². The number of epoxide rings is 1. The molecule has 4 nitrogen and oxygen atoms in total. The van der Waals surface area contributed by atoms with Crippen molar-refractivity contribution >= 4 is 6.09 Å². The van der Waals surface area contributed by atoms with Crippen LogP contribution in [0.4, 0.5) is 4.79 Å². The van der Waals surface area contributed by atoms with E-state index in [4.69, 9.17) is 9.47 Å². The molecule has 4 heteroatoms. The van der Waals surface area contributed by atoms with E-state index in [9.17, 15) is 4.79 Å². The molecule has 17 heavy (non-hydrogen) atoms. The fourth-order valence-corrected chi connectivity index (χ4v) is 2.50. The highest BCUT2D eigenvalue weighted by molar-refractivity contribution is 5.68. The fourth-order valence-electron chi connectivity index (χ4n) is 2.50. The van der Waals surface area contributed by atoms with Crippen LogP contribution in [-0.2, 0) is 9.47 Å². The molecule has 1 amide bonds. The van der Waals surface area contributed by atoms with Crippen LogP contribution in [-0.4, -0.2) is 30.4 Å². The molecule has 2 rings (SSSR count). The predicted octanol–water partition coefficient (Wildman–Crippen LogP) is 2.47. The van der Waals surface area contributed by atoms with Gasteiger partial charge in [0, 0.05) is 6.04 Å². The van der Waals surface area contributed by atoms with Gasteiger partial charge in [-0.2, -0.15) is 0 Å². The lowest BCUT2D eigenvalue weighted by Gasteiger charge is -2.29. The van der Waals surface area contributed by atoms with E-state index in [1.54, 1.807) is 0 Å². The number of rotatable bonds is 2. The van der Waals surface area contributed by atoms with E-state index in [1.807, 2.05) is 20.8 Å². The molecule has 2 aliphatic rings. The summed E-state index contributed by atoms with van der Waals surface area (Å²) in [6.45, 7) is 6.56. The van der Waals surface area contributed by atoms with Gasteiger partial charge < -0.3 is 14.8 Å². The number of nitrogens with one attached hydrogen (secondary N) is 1. The number of alkyl carbamates (subject to hydrolysis) is 1. The molecule has 1 N–H and O–H groups in total. The second-order valence-corrected chi connectivity index (χ2v) is 6.14. The summed E-state index contributed by atoms with van der Waals surface area (Å²) < 4.78 is 10.6. The maximum absolute atomic E-state index is 11.7. The van der Waals surface area contributed by atoms with E-state index in [0.717, 1.165) is 19.4 Å². The predicted molar refractivity (Wildman–Crippen MR) is 64.9 cm³/mol. The van der Waals surface area contributed by atoms with E-state index >= 15 is 0 Å². The van der Waals surface area contributed by atoms with E-state index < -0.39 is 5.60 Å². The summed E-state index contributed by atoms with van der Waals surface area (Å²) in [6.07, 6.45) is 4.66. The number of carbonyl (C=O) groups excluding carboxylic acids is 1. The van der Waals surface area contributed by atoms with E-state index in [2.05, 4.69) is 5.32 Å². The summed E-state index contributed by atoms with van der Waals surface area (Å²) in [5.41, 5.74) is -0.419. The van der Waals surface area contributed by atoms with Crippen molar-refractivity contribution < 1.29 is 14.3 Å². The number of hydrogen-bond donors (Lipinski definition) is 1. The molecule has 1 heterocycles. The maximum atomic E-state index is 11.7. The minimum atomic E-state index is -0.419. The van der Waals surface area contributed by atoms with Gasteiger partial charge in [0.1, 0.15) is 5.60 Å². The Hall–Kier alpha value is -0.770. The summed E-state index contributed by atoms with van der Waals surface area (Å²) in [5.74, 6) is 0.628. The van der Waals surface area contributed by atoms with Crippen LogP contribution in [0.15, 0.2) is 0 Å². The van der Waals surface area contributed by atoms with E-state index in [-0.39, 0.29) is 12.1 Å². The monoisotopic (exact) mass is 241 g/mol. The van der Waals surface area contributed by atoms with Crippen molar-refractivity contribution in [1.29, 1.82) is 0 Å². The molecule has 1 saturated heterocycles. The summed E-state index contributed by atoms with van der Waals surface area (Å²) in [7, 11) is 0. The van der Waals surface area contributed by atoms with E-state index in [1.165, 1.54) is 12.8 Å². The molecule has 1 aliphatic heterocycles. The average molecular weight is 241 g/mol. The Kier molecular flexibility index (Phi) is 3.61. The third kappa shape index (κ3) is 4.19. The SMILES string of the molecule is CC(C)(C)OC(=O)N[C@@H]1CCCC([C@H]2CO2)C1. The molecule has 3 atom stereocenters. The largest absolute Gasteiger partial charge is 0.444 e. The van der Waals surface area contributed by atoms with Crippen molar-refractivity contribution in [2.24, 2.45) is 5.92 Å². The first-order chi connectivity index (χ1) is 7.94. The number of hydrogen-bond acceptors (Lipinski definition) is 3. The van der Waals surface area contributed by atoms with Crippen molar-refractivity contribution in [2.75, 3.05) is 6.61 Å². The number of amides is 1. The lowest BCUT2D eigenvalue weighted by Crippen LogP contribution is -2.42. The smallest absolute Gasteiger partial charge is 0.407 e. The second kappa shape index (κ2) is 4.84. The lowest BCUT2D eigenvalue weighted by atomic mass is 9.84. The van der Waals surface area contributed by atoms with E-state index in [0.29, 0.717) is 12.0 Å². The Morgan fingerprint density at radius 1 is 1.35 bits per heavy atom. The zero-order chi connectivity index (χ0) is 12.5. The summed E-state index contributed by atoms with van der Waals surface area (Å²) in [4.78, 5) is 11.7. The third-order valence-electron chi connectivity index (χ3n) is 3.32. The molecule has 0 aromatic heterocycles. The standard InChI is InChI=1S/C13H23NO3/c1-13(2,3)17-12(15)14-10-6-4-5-9(7-10)11-8-16-11/h9-11H,4-8H2,1-3H3,(H,14,15)/t9?,10-,11-/m1/s1. The molecular weight excluding hydrogens is 218 g/mol. The Balaban J connectivity index is 1.76. The Labute approximate surface area is 103 Å². The Morgan fingerprint density at radius 3 is 2.65 bits per heavy atom. The van der Waals surface area contributed by atoms with Crippen LogP contribution in [0.1, 0.15) is 46.5 Å². The first kappa shape index (κ1) is 12.7. The molecule has 0 radical (unpaired) electrons. The minimum absolute atomic E-state index is 0.257. The van der Waals surface area contributed by atoms with Gasteiger partial charge in [-0.1, -0.05) is 6.42 Å². The molecule has 1 saturated carbocycles. The van der Waals surface area contributed by atoms with Gasteiger partial charge in [-0.25, -0.2) is 4.79 Å². The fraction of sp³-hybridized carbons (Fsp3) is 0.923. The van der Waals surface area contributed by atoms with Gasteiger partial charge in [-0.15, -0.1) is 0 Å². The molecule has 1 unspecified atom stereocenters. The molecule has 2 fully saturated rings. The first-order valence-electron chi connectivity index (χ1n) is 6.55. The minimum Gasteiger partial charge on any atom is -0.444 e. The van der Waals surface area contributed by atoms with Crippen LogP contribution < -0.4 is 5.32 Å². The summed E-state index contributed by atoms with van der Waals surface area (Å²) in [6, 6.07) is 0.257. The third-order valence-corrected chi connectivity index (χ3v) is 3.32. The molecular formula is C13H23NO3. The molecule has 0 aromatic rings. The topological polar surface area (TPSA) is 50.9 Å². The zero-order valence-electron chi connectivity index (χ0n) is 11.0. The van der Waals surface area contributed by atoms with Gasteiger partial charge in [0.05, 0.1) is 12.7 Å². The van der Waals surface area contributed by atoms with Gasteiger partial charge in [-0.05, 0) is 46.0 Å².